The maximum absolute atomic E-state index is 13.6. The second-order valence-corrected chi connectivity index (χ2v) is 4.79. The minimum Gasteiger partial charge on any atom is -0.377 e. The van der Waals surface area contributed by atoms with Crippen LogP contribution in [0.5, 0.6) is 0 Å². The SMILES string of the molecule is NC(=O)c1ccc(F)c(CNCC2CCCCO2)c1. The predicted octanol–water partition coefficient (Wildman–Crippen LogP) is 1.58. The Labute approximate surface area is 112 Å². The Morgan fingerprint density at radius 3 is 3.00 bits per heavy atom. The number of hydrogen-bond donors (Lipinski definition) is 2. The van der Waals surface area contributed by atoms with Gasteiger partial charge in [0.05, 0.1) is 6.10 Å². The van der Waals surface area contributed by atoms with Gasteiger partial charge in [0.25, 0.3) is 0 Å². The van der Waals surface area contributed by atoms with Gasteiger partial charge in [-0.25, -0.2) is 4.39 Å². The number of amides is 1. The number of halogens is 1. The summed E-state index contributed by atoms with van der Waals surface area (Å²) >= 11 is 0. The van der Waals surface area contributed by atoms with Crippen molar-refractivity contribution >= 4 is 5.91 Å². The number of carbonyl (C=O) groups excluding carboxylic acids is 1. The van der Waals surface area contributed by atoms with Gasteiger partial charge in [0.2, 0.25) is 5.91 Å². The lowest BCUT2D eigenvalue weighted by Gasteiger charge is -2.22. The second kappa shape index (κ2) is 6.63. The number of primary amides is 1. The first-order valence-corrected chi connectivity index (χ1v) is 6.57. The minimum absolute atomic E-state index is 0.205. The number of ether oxygens (including phenoxy) is 1. The van der Waals surface area contributed by atoms with Gasteiger partial charge in [0.1, 0.15) is 5.82 Å². The second-order valence-electron chi connectivity index (χ2n) is 4.79. The molecular weight excluding hydrogens is 247 g/mol. The standard InChI is InChI=1S/C14H19FN2O2/c15-13-5-4-10(14(16)18)7-11(13)8-17-9-12-3-1-2-6-19-12/h4-5,7,12,17H,1-3,6,8-9H2,(H2,16,18). The molecule has 1 unspecified atom stereocenters. The van der Waals surface area contributed by atoms with Crippen LogP contribution in [0.15, 0.2) is 18.2 Å². The summed E-state index contributed by atoms with van der Waals surface area (Å²) in [6.07, 6.45) is 3.54. The molecule has 1 aliphatic heterocycles. The van der Waals surface area contributed by atoms with Crippen molar-refractivity contribution in [2.45, 2.75) is 31.9 Å². The van der Waals surface area contributed by atoms with Gasteiger partial charge in [0, 0.05) is 30.8 Å². The van der Waals surface area contributed by atoms with Crippen molar-refractivity contribution in [1.29, 1.82) is 0 Å². The van der Waals surface area contributed by atoms with E-state index < -0.39 is 5.91 Å². The lowest BCUT2D eigenvalue weighted by Crippen LogP contribution is -2.31. The zero-order valence-electron chi connectivity index (χ0n) is 10.8. The van der Waals surface area contributed by atoms with Crippen LogP contribution in [0.4, 0.5) is 4.39 Å². The maximum Gasteiger partial charge on any atom is 0.248 e. The van der Waals surface area contributed by atoms with Gasteiger partial charge in [-0.15, -0.1) is 0 Å². The van der Waals surface area contributed by atoms with Crippen LogP contribution < -0.4 is 11.1 Å². The van der Waals surface area contributed by atoms with E-state index in [0.29, 0.717) is 24.2 Å². The zero-order valence-corrected chi connectivity index (χ0v) is 10.8. The van der Waals surface area contributed by atoms with Gasteiger partial charge in [-0.1, -0.05) is 0 Å². The Bertz CT molecular complexity index is 445. The molecule has 0 bridgehead atoms. The average Bonchev–Trinajstić information content (AvgIpc) is 2.42. The van der Waals surface area contributed by atoms with Crippen LogP contribution in [0.3, 0.4) is 0 Å². The number of nitrogens with two attached hydrogens (primary N) is 1. The summed E-state index contributed by atoms with van der Waals surface area (Å²) in [4.78, 5) is 11.0. The molecular formula is C14H19FN2O2. The van der Waals surface area contributed by atoms with Crippen LogP contribution in [-0.4, -0.2) is 25.2 Å². The molecule has 1 amide bonds. The normalized spacial score (nSPS) is 19.3. The van der Waals surface area contributed by atoms with Gasteiger partial charge >= 0.3 is 0 Å². The molecule has 1 aromatic carbocycles. The lowest BCUT2D eigenvalue weighted by atomic mass is 10.1. The molecule has 1 heterocycles. The molecule has 3 N–H and O–H groups in total. The van der Waals surface area contributed by atoms with Crippen LogP contribution in [0, 0.1) is 5.82 Å². The van der Waals surface area contributed by atoms with Gasteiger partial charge in [-0.3, -0.25) is 4.79 Å². The number of hydrogen-bond acceptors (Lipinski definition) is 3. The average molecular weight is 266 g/mol. The molecule has 0 aliphatic carbocycles. The summed E-state index contributed by atoms with van der Waals surface area (Å²) < 4.78 is 19.2. The summed E-state index contributed by atoms with van der Waals surface area (Å²) in [6.45, 7) is 1.87. The molecule has 2 rings (SSSR count). The van der Waals surface area contributed by atoms with Crippen molar-refractivity contribution in [3.05, 3.63) is 35.1 Å². The molecule has 1 aliphatic rings. The quantitative estimate of drug-likeness (QED) is 0.850. The molecule has 0 radical (unpaired) electrons. The van der Waals surface area contributed by atoms with Crippen LogP contribution in [0.25, 0.3) is 0 Å². The number of benzene rings is 1. The molecule has 5 heteroatoms. The smallest absolute Gasteiger partial charge is 0.248 e. The Balaban J connectivity index is 1.87. The van der Waals surface area contributed by atoms with E-state index in [-0.39, 0.29) is 11.9 Å². The zero-order chi connectivity index (χ0) is 13.7. The van der Waals surface area contributed by atoms with E-state index >= 15 is 0 Å². The van der Waals surface area contributed by atoms with Crippen molar-refractivity contribution in [1.82, 2.24) is 5.32 Å². The summed E-state index contributed by atoms with van der Waals surface area (Å²) in [5.74, 6) is -0.876. The van der Waals surface area contributed by atoms with Gasteiger partial charge < -0.3 is 15.8 Å². The Kier molecular flexibility index (Phi) is 4.87. The molecule has 0 saturated carbocycles. The van der Waals surface area contributed by atoms with E-state index in [1.54, 1.807) is 0 Å². The van der Waals surface area contributed by atoms with E-state index in [9.17, 15) is 9.18 Å². The Hall–Kier alpha value is -1.46. The third kappa shape index (κ3) is 4.01. The summed E-state index contributed by atoms with van der Waals surface area (Å²) in [5.41, 5.74) is 5.95. The van der Waals surface area contributed by atoms with Gasteiger partial charge in [-0.2, -0.15) is 0 Å². The molecule has 104 valence electrons. The van der Waals surface area contributed by atoms with Crippen molar-refractivity contribution in [3.8, 4) is 0 Å². The fraction of sp³-hybridized carbons (Fsp3) is 0.500. The largest absolute Gasteiger partial charge is 0.377 e. The van der Waals surface area contributed by atoms with E-state index in [1.807, 2.05) is 0 Å². The maximum atomic E-state index is 13.6. The van der Waals surface area contributed by atoms with E-state index in [1.165, 1.54) is 24.6 Å². The topological polar surface area (TPSA) is 64.4 Å². The molecule has 1 atom stereocenters. The number of nitrogens with one attached hydrogen (secondary N) is 1. The Morgan fingerprint density at radius 1 is 1.47 bits per heavy atom. The highest BCUT2D eigenvalue weighted by Gasteiger charge is 2.13. The van der Waals surface area contributed by atoms with Crippen molar-refractivity contribution in [2.24, 2.45) is 5.73 Å². The highest BCUT2D eigenvalue weighted by atomic mass is 19.1. The summed E-state index contributed by atoms with van der Waals surface area (Å²) in [6, 6.07) is 4.16. The lowest BCUT2D eigenvalue weighted by molar-refractivity contribution is 0.0167. The molecule has 4 nitrogen and oxygen atoms in total. The molecule has 1 fully saturated rings. The summed E-state index contributed by atoms with van der Waals surface area (Å²) in [5, 5.41) is 3.16. The first-order valence-electron chi connectivity index (χ1n) is 6.57. The van der Waals surface area contributed by atoms with E-state index in [2.05, 4.69) is 5.32 Å². The van der Waals surface area contributed by atoms with Gasteiger partial charge in [-0.05, 0) is 37.5 Å². The number of rotatable bonds is 5. The van der Waals surface area contributed by atoms with Crippen molar-refractivity contribution in [2.75, 3.05) is 13.2 Å². The first kappa shape index (κ1) is 14.0. The van der Waals surface area contributed by atoms with Crippen LogP contribution >= 0.6 is 0 Å². The van der Waals surface area contributed by atoms with Crippen LogP contribution in [0.1, 0.15) is 35.2 Å². The fourth-order valence-corrected chi connectivity index (χ4v) is 2.20. The first-order chi connectivity index (χ1) is 9.16. The van der Waals surface area contributed by atoms with E-state index in [4.69, 9.17) is 10.5 Å². The fourth-order valence-electron chi connectivity index (χ4n) is 2.20. The van der Waals surface area contributed by atoms with E-state index in [0.717, 1.165) is 19.4 Å². The molecule has 0 aromatic heterocycles. The predicted molar refractivity (Wildman–Crippen MR) is 70.2 cm³/mol. The summed E-state index contributed by atoms with van der Waals surface area (Å²) in [7, 11) is 0. The highest BCUT2D eigenvalue weighted by molar-refractivity contribution is 5.92. The van der Waals surface area contributed by atoms with Gasteiger partial charge in [0.15, 0.2) is 0 Å². The van der Waals surface area contributed by atoms with Crippen molar-refractivity contribution < 1.29 is 13.9 Å². The third-order valence-electron chi connectivity index (χ3n) is 3.29. The third-order valence-corrected chi connectivity index (χ3v) is 3.29. The minimum atomic E-state index is -0.545. The van der Waals surface area contributed by atoms with Crippen LogP contribution in [0.2, 0.25) is 0 Å². The molecule has 1 saturated heterocycles. The molecule has 0 spiro atoms. The highest BCUT2D eigenvalue weighted by Crippen LogP contribution is 2.13. The van der Waals surface area contributed by atoms with Crippen molar-refractivity contribution in [3.63, 3.8) is 0 Å². The van der Waals surface area contributed by atoms with Crippen LogP contribution in [-0.2, 0) is 11.3 Å². The number of carbonyl (C=O) groups is 1. The molecule has 1 aromatic rings. The Morgan fingerprint density at radius 2 is 2.32 bits per heavy atom. The monoisotopic (exact) mass is 266 g/mol. The molecule has 19 heavy (non-hydrogen) atoms.